The SMILES string of the molecule is Cc1ccccc1[C@@H]1C2C=CC(C2)[C@H]1C(=O)N=C(N)N. The molecule has 2 aliphatic rings. The lowest BCUT2D eigenvalue weighted by Crippen LogP contribution is -2.30. The van der Waals surface area contributed by atoms with Crippen molar-refractivity contribution in [2.24, 2.45) is 34.2 Å². The Balaban J connectivity index is 2.00. The lowest BCUT2D eigenvalue weighted by atomic mass is 9.77. The second-order valence-electron chi connectivity index (χ2n) is 5.73. The van der Waals surface area contributed by atoms with Crippen molar-refractivity contribution in [2.75, 3.05) is 0 Å². The second kappa shape index (κ2) is 4.78. The summed E-state index contributed by atoms with van der Waals surface area (Å²) in [5.74, 6) is 0.417. The quantitative estimate of drug-likeness (QED) is 0.487. The fourth-order valence-electron chi connectivity index (χ4n) is 3.75. The molecule has 0 saturated heterocycles. The van der Waals surface area contributed by atoms with Gasteiger partial charge in [0.15, 0.2) is 5.96 Å². The normalized spacial score (nSPS) is 30.4. The smallest absolute Gasteiger partial charge is 0.253 e. The highest BCUT2D eigenvalue weighted by Gasteiger charge is 2.49. The number of hydrogen-bond acceptors (Lipinski definition) is 1. The molecule has 0 heterocycles. The van der Waals surface area contributed by atoms with E-state index in [9.17, 15) is 4.79 Å². The molecule has 2 aliphatic carbocycles. The van der Waals surface area contributed by atoms with Gasteiger partial charge in [-0.05, 0) is 36.3 Å². The summed E-state index contributed by atoms with van der Waals surface area (Å²) in [4.78, 5) is 16.1. The van der Waals surface area contributed by atoms with Gasteiger partial charge in [0.25, 0.3) is 5.91 Å². The molecule has 4 N–H and O–H groups in total. The molecule has 2 unspecified atom stereocenters. The van der Waals surface area contributed by atoms with Gasteiger partial charge >= 0.3 is 0 Å². The van der Waals surface area contributed by atoms with Crippen molar-refractivity contribution >= 4 is 11.9 Å². The topological polar surface area (TPSA) is 81.5 Å². The molecule has 1 saturated carbocycles. The third kappa shape index (κ3) is 2.01. The number of allylic oxidation sites excluding steroid dienone is 2. The molecule has 4 nitrogen and oxygen atoms in total. The van der Waals surface area contributed by atoms with Crippen molar-refractivity contribution < 1.29 is 4.79 Å². The van der Waals surface area contributed by atoms with Gasteiger partial charge in [-0.25, -0.2) is 0 Å². The van der Waals surface area contributed by atoms with E-state index in [0.717, 1.165) is 6.42 Å². The third-order valence-electron chi connectivity index (χ3n) is 4.53. The summed E-state index contributed by atoms with van der Waals surface area (Å²) >= 11 is 0. The number of benzene rings is 1. The molecular weight excluding hydrogens is 250 g/mol. The number of aryl methyl sites for hydroxylation is 1. The summed E-state index contributed by atoms with van der Waals surface area (Å²) in [5, 5.41) is 0. The molecule has 1 aromatic rings. The van der Waals surface area contributed by atoms with Crippen LogP contribution in [0.3, 0.4) is 0 Å². The monoisotopic (exact) mass is 269 g/mol. The zero-order chi connectivity index (χ0) is 14.3. The molecule has 3 rings (SSSR count). The highest BCUT2D eigenvalue weighted by molar-refractivity contribution is 5.93. The number of fused-ring (bicyclic) bond motifs is 2. The number of carbonyl (C=O) groups excluding carboxylic acids is 1. The first-order chi connectivity index (χ1) is 9.58. The molecule has 104 valence electrons. The lowest BCUT2D eigenvalue weighted by molar-refractivity contribution is -0.122. The van der Waals surface area contributed by atoms with Crippen LogP contribution >= 0.6 is 0 Å². The van der Waals surface area contributed by atoms with Crippen LogP contribution in [0.15, 0.2) is 41.4 Å². The van der Waals surface area contributed by atoms with E-state index in [4.69, 9.17) is 11.5 Å². The predicted octanol–water partition coefficient (Wildman–Crippen LogP) is 1.70. The van der Waals surface area contributed by atoms with Crippen LogP contribution in [-0.4, -0.2) is 11.9 Å². The van der Waals surface area contributed by atoms with E-state index in [-0.39, 0.29) is 29.6 Å². The Morgan fingerprint density at radius 1 is 1.20 bits per heavy atom. The van der Waals surface area contributed by atoms with Gasteiger partial charge in [-0.2, -0.15) is 4.99 Å². The van der Waals surface area contributed by atoms with Gasteiger partial charge in [-0.1, -0.05) is 36.4 Å². The van der Waals surface area contributed by atoms with Crippen LogP contribution in [-0.2, 0) is 4.79 Å². The highest BCUT2D eigenvalue weighted by atomic mass is 16.1. The molecule has 0 radical (unpaired) electrons. The molecule has 1 fully saturated rings. The number of guanidine groups is 1. The minimum atomic E-state index is -0.185. The second-order valence-corrected chi connectivity index (χ2v) is 5.73. The summed E-state index contributed by atoms with van der Waals surface area (Å²) in [7, 11) is 0. The van der Waals surface area contributed by atoms with E-state index in [0.29, 0.717) is 5.92 Å². The number of carbonyl (C=O) groups is 1. The maximum absolute atomic E-state index is 12.4. The zero-order valence-electron chi connectivity index (χ0n) is 11.5. The number of nitrogens with zero attached hydrogens (tertiary/aromatic N) is 1. The minimum absolute atomic E-state index is 0.131. The van der Waals surface area contributed by atoms with Crippen LogP contribution < -0.4 is 11.5 Å². The van der Waals surface area contributed by atoms with Gasteiger partial charge in [0, 0.05) is 5.92 Å². The highest BCUT2D eigenvalue weighted by Crippen LogP contribution is 2.53. The van der Waals surface area contributed by atoms with E-state index < -0.39 is 0 Å². The Hall–Kier alpha value is -2.10. The number of hydrogen-bond donors (Lipinski definition) is 2. The lowest BCUT2D eigenvalue weighted by Gasteiger charge is -2.27. The predicted molar refractivity (Wildman–Crippen MR) is 79.0 cm³/mol. The van der Waals surface area contributed by atoms with E-state index in [2.05, 4.69) is 36.2 Å². The number of amides is 1. The molecule has 0 aliphatic heterocycles. The maximum atomic E-state index is 12.4. The van der Waals surface area contributed by atoms with Crippen LogP contribution in [0.5, 0.6) is 0 Å². The van der Waals surface area contributed by atoms with Crippen molar-refractivity contribution in [3.63, 3.8) is 0 Å². The molecular formula is C16H19N3O. The van der Waals surface area contributed by atoms with Crippen LogP contribution in [0, 0.1) is 24.7 Å². The Labute approximate surface area is 118 Å². The van der Waals surface area contributed by atoms with Crippen LogP contribution in [0.25, 0.3) is 0 Å². The van der Waals surface area contributed by atoms with E-state index in [1.54, 1.807) is 0 Å². The van der Waals surface area contributed by atoms with Gasteiger partial charge in [-0.15, -0.1) is 0 Å². The summed E-state index contributed by atoms with van der Waals surface area (Å²) in [6.07, 6.45) is 5.40. The zero-order valence-corrected chi connectivity index (χ0v) is 11.5. The first-order valence-electron chi connectivity index (χ1n) is 6.95. The van der Waals surface area contributed by atoms with E-state index in [1.165, 1.54) is 11.1 Å². The van der Waals surface area contributed by atoms with Gasteiger partial charge in [0.2, 0.25) is 0 Å². The first-order valence-corrected chi connectivity index (χ1v) is 6.95. The number of aliphatic imine (C=N–C) groups is 1. The summed E-state index contributed by atoms with van der Waals surface area (Å²) in [6, 6.07) is 8.26. The third-order valence-corrected chi connectivity index (χ3v) is 4.53. The Kier molecular flexibility index (Phi) is 3.08. The Morgan fingerprint density at radius 3 is 2.60 bits per heavy atom. The fourth-order valence-corrected chi connectivity index (χ4v) is 3.75. The largest absolute Gasteiger partial charge is 0.370 e. The first kappa shape index (κ1) is 12.9. The average Bonchev–Trinajstić information content (AvgIpc) is 2.98. The molecule has 2 bridgehead atoms. The van der Waals surface area contributed by atoms with Crippen molar-refractivity contribution in [2.45, 2.75) is 19.3 Å². The fraction of sp³-hybridized carbons (Fsp3) is 0.375. The molecule has 20 heavy (non-hydrogen) atoms. The van der Waals surface area contributed by atoms with Crippen LogP contribution in [0.2, 0.25) is 0 Å². The number of rotatable bonds is 2. The van der Waals surface area contributed by atoms with Gasteiger partial charge in [-0.3, -0.25) is 4.79 Å². The van der Waals surface area contributed by atoms with Crippen molar-refractivity contribution in [3.05, 3.63) is 47.5 Å². The standard InChI is InChI=1S/C16H19N3O/c1-9-4-2-3-5-12(9)13-10-6-7-11(8-10)14(13)15(20)19-16(17)18/h2-7,10-11,13-14H,8H2,1H3,(H4,17,18,19,20)/t10?,11?,13-,14+/m0/s1. The van der Waals surface area contributed by atoms with Crippen molar-refractivity contribution in [1.82, 2.24) is 0 Å². The molecule has 4 heteroatoms. The van der Waals surface area contributed by atoms with Gasteiger partial charge < -0.3 is 11.5 Å². The molecule has 4 atom stereocenters. The molecule has 0 aromatic heterocycles. The molecule has 0 spiro atoms. The summed E-state index contributed by atoms with van der Waals surface area (Å²) in [5.41, 5.74) is 13.2. The van der Waals surface area contributed by atoms with Crippen LogP contribution in [0.4, 0.5) is 0 Å². The van der Waals surface area contributed by atoms with Crippen molar-refractivity contribution in [3.8, 4) is 0 Å². The van der Waals surface area contributed by atoms with Crippen LogP contribution in [0.1, 0.15) is 23.5 Å². The van der Waals surface area contributed by atoms with Gasteiger partial charge in [0.1, 0.15) is 0 Å². The molecule has 1 amide bonds. The van der Waals surface area contributed by atoms with E-state index in [1.807, 2.05) is 12.1 Å². The van der Waals surface area contributed by atoms with Crippen molar-refractivity contribution in [1.29, 1.82) is 0 Å². The summed E-state index contributed by atoms with van der Waals surface area (Å²) in [6.45, 7) is 2.09. The average molecular weight is 269 g/mol. The summed E-state index contributed by atoms with van der Waals surface area (Å²) < 4.78 is 0. The Morgan fingerprint density at radius 2 is 1.90 bits per heavy atom. The minimum Gasteiger partial charge on any atom is -0.370 e. The molecule has 1 aromatic carbocycles. The van der Waals surface area contributed by atoms with E-state index >= 15 is 0 Å². The maximum Gasteiger partial charge on any atom is 0.253 e. The van der Waals surface area contributed by atoms with Gasteiger partial charge in [0.05, 0.1) is 5.92 Å². The number of nitrogens with two attached hydrogens (primary N) is 2. The Bertz CT molecular complexity index is 601.